The van der Waals surface area contributed by atoms with E-state index in [0.717, 1.165) is 47.2 Å². The number of hydrogen-bond acceptors (Lipinski definition) is 3. The fourth-order valence-corrected chi connectivity index (χ4v) is 4.93. The number of aromatic nitrogens is 2. The number of para-hydroxylation sites is 2. The van der Waals surface area contributed by atoms with Crippen molar-refractivity contribution in [3.8, 4) is 0 Å². The first kappa shape index (κ1) is 24.0. The number of carbonyl (C=O) groups is 2. The average Bonchev–Trinajstić information content (AvgIpc) is 3.20. The third kappa shape index (κ3) is 5.85. The van der Waals surface area contributed by atoms with Gasteiger partial charge in [-0.2, -0.15) is 0 Å². The molecule has 0 bridgehead atoms. The summed E-state index contributed by atoms with van der Waals surface area (Å²) in [4.78, 5) is 32.3. The molecule has 1 aliphatic rings. The van der Waals surface area contributed by atoms with E-state index < -0.39 is 0 Å². The predicted octanol–water partition coefficient (Wildman–Crippen LogP) is 4.43. The maximum absolute atomic E-state index is 13.1. The summed E-state index contributed by atoms with van der Waals surface area (Å²) in [5, 5.41) is 3.03. The van der Waals surface area contributed by atoms with Crippen LogP contribution in [0.3, 0.4) is 0 Å². The number of hydrogen-bond donors (Lipinski definition) is 1. The standard InChI is InChI=1S/C28H36N4O2/c1-21-11-6-7-12-22(21)19-27(33)29-18-10-17-26-30-24-15-8-9-16-25(24)32(26)20-28(34)31(2)23-13-4-3-5-14-23/h6-9,11-12,15-16,23H,3-5,10,13-14,17-20H2,1-2H3,(H,29,33). The summed E-state index contributed by atoms with van der Waals surface area (Å²) in [5.41, 5.74) is 4.09. The molecule has 180 valence electrons. The van der Waals surface area contributed by atoms with E-state index in [4.69, 9.17) is 4.98 Å². The molecule has 1 aromatic heterocycles. The lowest BCUT2D eigenvalue weighted by Gasteiger charge is -2.31. The van der Waals surface area contributed by atoms with Gasteiger partial charge in [0.1, 0.15) is 12.4 Å². The van der Waals surface area contributed by atoms with Crippen LogP contribution in [-0.4, -0.2) is 45.9 Å². The van der Waals surface area contributed by atoms with Crippen LogP contribution in [0.1, 0.15) is 55.5 Å². The van der Waals surface area contributed by atoms with Gasteiger partial charge >= 0.3 is 0 Å². The molecule has 0 spiro atoms. The SMILES string of the molecule is Cc1ccccc1CC(=O)NCCCc1nc2ccccc2n1CC(=O)N(C)C1CCCCC1. The fraction of sp³-hybridized carbons (Fsp3) is 0.464. The minimum Gasteiger partial charge on any atom is -0.356 e. The van der Waals surface area contributed by atoms with Gasteiger partial charge in [-0.15, -0.1) is 0 Å². The molecule has 2 aromatic carbocycles. The second-order valence-corrected chi connectivity index (χ2v) is 9.46. The molecule has 1 fully saturated rings. The molecule has 0 atom stereocenters. The molecule has 0 unspecified atom stereocenters. The van der Waals surface area contributed by atoms with Crippen LogP contribution in [0.4, 0.5) is 0 Å². The molecule has 1 N–H and O–H groups in total. The predicted molar refractivity (Wildman–Crippen MR) is 136 cm³/mol. The van der Waals surface area contributed by atoms with Crippen LogP contribution in [-0.2, 0) is 29.0 Å². The Labute approximate surface area is 202 Å². The number of benzene rings is 2. The lowest BCUT2D eigenvalue weighted by Crippen LogP contribution is -2.40. The smallest absolute Gasteiger partial charge is 0.242 e. The minimum atomic E-state index is 0.0343. The van der Waals surface area contributed by atoms with Gasteiger partial charge in [-0.05, 0) is 49.4 Å². The summed E-state index contributed by atoms with van der Waals surface area (Å²) in [6.07, 6.45) is 7.76. The van der Waals surface area contributed by atoms with Crippen LogP contribution >= 0.6 is 0 Å². The zero-order chi connectivity index (χ0) is 23.9. The molecular weight excluding hydrogens is 424 g/mol. The summed E-state index contributed by atoms with van der Waals surface area (Å²) >= 11 is 0. The number of carbonyl (C=O) groups excluding carboxylic acids is 2. The van der Waals surface area contributed by atoms with Crippen LogP contribution in [0.2, 0.25) is 0 Å². The molecule has 0 aliphatic heterocycles. The number of nitrogens with zero attached hydrogens (tertiary/aromatic N) is 3. The van der Waals surface area contributed by atoms with E-state index in [9.17, 15) is 9.59 Å². The molecule has 1 aliphatic carbocycles. The number of fused-ring (bicyclic) bond motifs is 1. The highest BCUT2D eigenvalue weighted by Gasteiger charge is 2.23. The summed E-state index contributed by atoms with van der Waals surface area (Å²) < 4.78 is 2.06. The van der Waals surface area contributed by atoms with Crippen molar-refractivity contribution in [3.05, 3.63) is 65.5 Å². The number of likely N-dealkylation sites (N-methyl/N-ethyl adjacent to an activating group) is 1. The van der Waals surface area contributed by atoms with Gasteiger partial charge in [0.2, 0.25) is 11.8 Å². The monoisotopic (exact) mass is 460 g/mol. The van der Waals surface area contributed by atoms with Crippen LogP contribution in [0.5, 0.6) is 0 Å². The number of aryl methyl sites for hydroxylation is 2. The third-order valence-electron chi connectivity index (χ3n) is 7.05. The molecule has 0 saturated heterocycles. The molecule has 6 nitrogen and oxygen atoms in total. The van der Waals surface area contributed by atoms with Gasteiger partial charge in [-0.3, -0.25) is 9.59 Å². The third-order valence-corrected chi connectivity index (χ3v) is 7.05. The molecule has 2 amide bonds. The molecule has 3 aromatic rings. The summed E-state index contributed by atoms with van der Waals surface area (Å²) in [7, 11) is 1.95. The van der Waals surface area contributed by atoms with Gasteiger partial charge in [0, 0.05) is 26.1 Å². The maximum atomic E-state index is 13.1. The van der Waals surface area contributed by atoms with Crippen molar-refractivity contribution in [1.29, 1.82) is 0 Å². The Kier molecular flexibility index (Phi) is 7.99. The van der Waals surface area contributed by atoms with E-state index in [-0.39, 0.29) is 11.8 Å². The molecule has 4 rings (SSSR count). The highest BCUT2D eigenvalue weighted by molar-refractivity contribution is 5.81. The minimum absolute atomic E-state index is 0.0343. The molecule has 1 heterocycles. The lowest BCUT2D eigenvalue weighted by molar-refractivity contribution is -0.133. The van der Waals surface area contributed by atoms with Crippen LogP contribution in [0, 0.1) is 6.92 Å². The average molecular weight is 461 g/mol. The highest BCUT2D eigenvalue weighted by atomic mass is 16.2. The zero-order valence-electron chi connectivity index (χ0n) is 20.4. The first-order valence-electron chi connectivity index (χ1n) is 12.5. The van der Waals surface area contributed by atoms with Gasteiger partial charge in [-0.1, -0.05) is 55.7 Å². The van der Waals surface area contributed by atoms with E-state index in [1.165, 1.54) is 19.3 Å². The van der Waals surface area contributed by atoms with Crippen molar-refractivity contribution in [2.75, 3.05) is 13.6 Å². The molecule has 0 radical (unpaired) electrons. The molecule has 6 heteroatoms. The van der Waals surface area contributed by atoms with Crippen molar-refractivity contribution in [2.45, 2.75) is 70.9 Å². The second-order valence-electron chi connectivity index (χ2n) is 9.46. The van der Waals surface area contributed by atoms with E-state index in [1.807, 2.05) is 67.4 Å². The summed E-state index contributed by atoms with van der Waals surface area (Å²) in [5.74, 6) is 1.08. The lowest BCUT2D eigenvalue weighted by atomic mass is 9.94. The van der Waals surface area contributed by atoms with Crippen LogP contribution in [0.15, 0.2) is 48.5 Å². The van der Waals surface area contributed by atoms with E-state index >= 15 is 0 Å². The first-order chi connectivity index (χ1) is 16.5. The van der Waals surface area contributed by atoms with Crippen molar-refractivity contribution in [3.63, 3.8) is 0 Å². The number of imidazole rings is 1. The van der Waals surface area contributed by atoms with Crippen molar-refractivity contribution in [1.82, 2.24) is 19.8 Å². The quantitative estimate of drug-likeness (QED) is 0.481. The van der Waals surface area contributed by atoms with Gasteiger partial charge in [0.25, 0.3) is 0 Å². The van der Waals surface area contributed by atoms with Gasteiger partial charge in [0.15, 0.2) is 0 Å². The Balaban J connectivity index is 1.36. The van der Waals surface area contributed by atoms with Gasteiger partial charge in [-0.25, -0.2) is 4.98 Å². The van der Waals surface area contributed by atoms with Crippen LogP contribution in [0.25, 0.3) is 11.0 Å². The van der Waals surface area contributed by atoms with Crippen molar-refractivity contribution in [2.24, 2.45) is 0 Å². The Morgan fingerprint density at radius 2 is 1.79 bits per heavy atom. The largest absolute Gasteiger partial charge is 0.356 e. The Hall–Kier alpha value is -3.15. The van der Waals surface area contributed by atoms with Gasteiger partial charge < -0.3 is 14.8 Å². The summed E-state index contributed by atoms with van der Waals surface area (Å²) in [6.45, 7) is 2.92. The molecule has 34 heavy (non-hydrogen) atoms. The van der Waals surface area contributed by atoms with Crippen molar-refractivity contribution < 1.29 is 9.59 Å². The van der Waals surface area contributed by atoms with Crippen LogP contribution < -0.4 is 5.32 Å². The Morgan fingerprint density at radius 1 is 1.06 bits per heavy atom. The number of nitrogens with one attached hydrogen (secondary N) is 1. The first-order valence-corrected chi connectivity index (χ1v) is 12.5. The second kappa shape index (κ2) is 11.3. The zero-order valence-corrected chi connectivity index (χ0v) is 20.4. The Morgan fingerprint density at radius 3 is 2.59 bits per heavy atom. The van der Waals surface area contributed by atoms with E-state index in [1.54, 1.807) is 0 Å². The van der Waals surface area contributed by atoms with E-state index in [2.05, 4.69) is 9.88 Å². The number of amides is 2. The maximum Gasteiger partial charge on any atom is 0.242 e. The highest BCUT2D eigenvalue weighted by Crippen LogP contribution is 2.23. The molecule has 1 saturated carbocycles. The number of rotatable bonds is 9. The summed E-state index contributed by atoms with van der Waals surface area (Å²) in [6, 6.07) is 16.3. The normalized spacial score (nSPS) is 14.3. The Bertz CT molecular complexity index is 1130. The topological polar surface area (TPSA) is 67.2 Å². The van der Waals surface area contributed by atoms with Crippen molar-refractivity contribution >= 4 is 22.8 Å². The fourth-order valence-electron chi connectivity index (χ4n) is 4.93. The van der Waals surface area contributed by atoms with E-state index in [0.29, 0.717) is 32.0 Å². The van der Waals surface area contributed by atoms with Gasteiger partial charge in [0.05, 0.1) is 17.5 Å². The molecular formula is C28H36N4O2.